The third kappa shape index (κ3) is 5.09. The van der Waals surface area contributed by atoms with Crippen LogP contribution in [0.4, 0.5) is 15.8 Å². The molecule has 2 aromatic carbocycles. The van der Waals surface area contributed by atoms with Crippen molar-refractivity contribution in [2.75, 3.05) is 31.0 Å². The molecule has 0 spiro atoms. The van der Waals surface area contributed by atoms with E-state index in [0.717, 1.165) is 11.3 Å². The van der Waals surface area contributed by atoms with Gasteiger partial charge in [0.15, 0.2) is 5.11 Å². The number of ether oxygens (including phenoxy) is 2. The summed E-state index contributed by atoms with van der Waals surface area (Å²) in [5.41, 5.74) is 2.71. The number of aromatic nitrogens is 1. The molecule has 4 aromatic rings. The van der Waals surface area contributed by atoms with Crippen molar-refractivity contribution in [1.29, 1.82) is 0 Å². The van der Waals surface area contributed by atoms with E-state index < -0.39 is 6.04 Å². The minimum Gasteiger partial charge on any atom is -0.495 e. The molecule has 194 valence electrons. The Kier molecular flexibility index (Phi) is 7.34. The number of halogens is 1. The highest BCUT2D eigenvalue weighted by molar-refractivity contribution is 7.80. The lowest BCUT2D eigenvalue weighted by Gasteiger charge is -2.27. The largest absolute Gasteiger partial charge is 0.495 e. The normalized spacial score (nSPS) is 16.8. The summed E-state index contributed by atoms with van der Waals surface area (Å²) in [4.78, 5) is 18.7. The second-order valence-electron chi connectivity index (χ2n) is 8.57. The van der Waals surface area contributed by atoms with E-state index in [0.29, 0.717) is 33.8 Å². The van der Waals surface area contributed by atoms with Crippen molar-refractivity contribution in [2.24, 2.45) is 0 Å². The maximum absolute atomic E-state index is 13.5. The standard InChI is InChI=1S/C28H25FN4O4S/c1-35-16-25(34)31-21-15-19(10-11-23(21)36-2)33-27(26(32-28(33)38)20-5-3-4-14-30-20)24-13-12-22(37-24)17-6-8-18(29)9-7-17/h3-15,26-27H,16H2,1-2H3,(H,31,34)(H,32,38)/t26-,27-/m1/s1. The molecule has 38 heavy (non-hydrogen) atoms. The van der Waals surface area contributed by atoms with Crippen LogP contribution in [0.3, 0.4) is 0 Å². The Morgan fingerprint density at radius 2 is 1.95 bits per heavy atom. The average molecular weight is 533 g/mol. The van der Waals surface area contributed by atoms with Crippen molar-refractivity contribution < 1.29 is 23.1 Å². The summed E-state index contributed by atoms with van der Waals surface area (Å²) in [6.07, 6.45) is 1.72. The molecule has 5 rings (SSSR count). The van der Waals surface area contributed by atoms with Gasteiger partial charge in [0.05, 0.1) is 24.5 Å². The van der Waals surface area contributed by atoms with Gasteiger partial charge in [-0.05, 0) is 78.9 Å². The van der Waals surface area contributed by atoms with Crippen LogP contribution < -0.4 is 20.3 Å². The van der Waals surface area contributed by atoms with Crippen LogP contribution in [0, 0.1) is 5.82 Å². The highest BCUT2D eigenvalue weighted by atomic mass is 32.1. The monoisotopic (exact) mass is 532 g/mol. The number of methoxy groups -OCH3 is 2. The topological polar surface area (TPSA) is 88.9 Å². The summed E-state index contributed by atoms with van der Waals surface area (Å²) in [5.74, 6) is 1.08. The van der Waals surface area contributed by atoms with Gasteiger partial charge in [0.2, 0.25) is 5.91 Å². The highest BCUT2D eigenvalue weighted by Crippen LogP contribution is 2.44. The zero-order valence-electron chi connectivity index (χ0n) is 20.7. The molecule has 3 heterocycles. The predicted molar refractivity (Wildman–Crippen MR) is 146 cm³/mol. The van der Waals surface area contributed by atoms with Gasteiger partial charge in [-0.3, -0.25) is 9.78 Å². The first-order valence-electron chi connectivity index (χ1n) is 11.8. The second kappa shape index (κ2) is 11.0. The molecule has 1 aliphatic rings. The number of rotatable bonds is 8. The molecule has 1 amide bonds. The number of anilines is 2. The third-order valence-electron chi connectivity index (χ3n) is 6.16. The molecular formula is C28H25FN4O4S. The molecule has 0 radical (unpaired) electrons. The Morgan fingerprint density at radius 1 is 1.13 bits per heavy atom. The van der Waals surface area contributed by atoms with Crippen molar-refractivity contribution >= 4 is 34.6 Å². The van der Waals surface area contributed by atoms with E-state index in [1.54, 1.807) is 30.5 Å². The fraction of sp³-hybridized carbons (Fsp3) is 0.179. The predicted octanol–water partition coefficient (Wildman–Crippen LogP) is 5.25. The zero-order chi connectivity index (χ0) is 26.6. The van der Waals surface area contributed by atoms with Crippen LogP contribution in [0.25, 0.3) is 11.3 Å². The Labute approximate surface area is 224 Å². The van der Waals surface area contributed by atoms with Crippen LogP contribution in [0.2, 0.25) is 0 Å². The highest BCUT2D eigenvalue weighted by Gasteiger charge is 2.42. The molecule has 8 nitrogen and oxygen atoms in total. The molecule has 2 atom stereocenters. The minimum absolute atomic E-state index is 0.0972. The van der Waals surface area contributed by atoms with E-state index in [2.05, 4.69) is 15.6 Å². The number of hydrogen-bond donors (Lipinski definition) is 2. The van der Waals surface area contributed by atoms with Gasteiger partial charge in [0.25, 0.3) is 0 Å². The first-order chi connectivity index (χ1) is 18.5. The summed E-state index contributed by atoms with van der Waals surface area (Å²) in [6.45, 7) is -0.0972. The molecule has 1 aliphatic heterocycles. The van der Waals surface area contributed by atoms with Crippen LogP contribution in [0.5, 0.6) is 5.75 Å². The Hall–Kier alpha value is -4.28. The van der Waals surface area contributed by atoms with E-state index in [1.807, 2.05) is 41.3 Å². The van der Waals surface area contributed by atoms with Gasteiger partial charge in [-0.1, -0.05) is 6.07 Å². The van der Waals surface area contributed by atoms with Crippen LogP contribution in [-0.2, 0) is 9.53 Å². The second-order valence-corrected chi connectivity index (χ2v) is 8.96. The van der Waals surface area contributed by atoms with Crippen molar-refractivity contribution in [3.63, 3.8) is 0 Å². The first-order valence-corrected chi connectivity index (χ1v) is 12.2. The molecule has 1 fully saturated rings. The molecule has 0 unspecified atom stereocenters. The van der Waals surface area contributed by atoms with Crippen molar-refractivity contribution in [1.82, 2.24) is 10.3 Å². The summed E-state index contributed by atoms with van der Waals surface area (Å²) in [7, 11) is 2.98. The lowest BCUT2D eigenvalue weighted by molar-refractivity contribution is -0.119. The van der Waals surface area contributed by atoms with E-state index in [-0.39, 0.29) is 24.4 Å². The number of thiocarbonyl (C=S) groups is 1. The van der Waals surface area contributed by atoms with Gasteiger partial charge < -0.3 is 29.4 Å². The fourth-order valence-corrected chi connectivity index (χ4v) is 4.81. The molecule has 0 bridgehead atoms. The molecule has 0 saturated carbocycles. The van der Waals surface area contributed by atoms with Gasteiger partial charge in [-0.25, -0.2) is 4.39 Å². The number of amides is 1. The number of benzene rings is 2. The van der Waals surface area contributed by atoms with Crippen LogP contribution in [0.1, 0.15) is 23.5 Å². The SMILES string of the molecule is COCC(=O)Nc1cc(N2C(=S)N[C@H](c3ccccn3)[C@H]2c2ccc(-c3ccc(F)cc3)o2)ccc1OC. The summed E-state index contributed by atoms with van der Waals surface area (Å²) in [6, 6.07) is 20.2. The van der Waals surface area contributed by atoms with Crippen LogP contribution in [0.15, 0.2) is 83.4 Å². The summed E-state index contributed by atoms with van der Waals surface area (Å²) in [5, 5.41) is 6.67. The first kappa shape index (κ1) is 25.4. The van der Waals surface area contributed by atoms with Gasteiger partial charge in [0, 0.05) is 24.6 Å². The number of nitrogens with zero attached hydrogens (tertiary/aromatic N) is 2. The Bertz CT molecular complexity index is 1450. The lowest BCUT2D eigenvalue weighted by atomic mass is 10.0. The number of pyridine rings is 1. The summed E-state index contributed by atoms with van der Waals surface area (Å²) < 4.78 is 30.2. The molecule has 2 N–H and O–H groups in total. The van der Waals surface area contributed by atoms with Gasteiger partial charge in [0.1, 0.15) is 35.7 Å². The van der Waals surface area contributed by atoms with E-state index in [4.69, 9.17) is 26.1 Å². The van der Waals surface area contributed by atoms with Crippen molar-refractivity contribution in [3.8, 4) is 17.1 Å². The quantitative estimate of drug-likeness (QED) is 0.298. The maximum Gasteiger partial charge on any atom is 0.250 e. The zero-order valence-corrected chi connectivity index (χ0v) is 21.5. The fourth-order valence-electron chi connectivity index (χ4n) is 4.46. The van der Waals surface area contributed by atoms with E-state index >= 15 is 0 Å². The van der Waals surface area contributed by atoms with Gasteiger partial charge in [-0.2, -0.15) is 0 Å². The van der Waals surface area contributed by atoms with Crippen molar-refractivity contribution in [2.45, 2.75) is 12.1 Å². The number of carbonyl (C=O) groups excluding carboxylic acids is 1. The number of carbonyl (C=O) groups is 1. The Morgan fingerprint density at radius 3 is 2.66 bits per heavy atom. The number of nitrogens with one attached hydrogen (secondary N) is 2. The molecule has 2 aromatic heterocycles. The lowest BCUT2D eigenvalue weighted by Crippen LogP contribution is -2.29. The summed E-state index contributed by atoms with van der Waals surface area (Å²) >= 11 is 5.79. The van der Waals surface area contributed by atoms with Crippen LogP contribution in [-0.4, -0.2) is 36.8 Å². The smallest absolute Gasteiger partial charge is 0.250 e. The van der Waals surface area contributed by atoms with Crippen LogP contribution >= 0.6 is 12.2 Å². The molecule has 0 aliphatic carbocycles. The number of furan rings is 1. The van der Waals surface area contributed by atoms with E-state index in [9.17, 15) is 9.18 Å². The average Bonchev–Trinajstić information content (AvgIpc) is 3.54. The maximum atomic E-state index is 13.5. The minimum atomic E-state index is -0.414. The third-order valence-corrected chi connectivity index (χ3v) is 6.47. The van der Waals surface area contributed by atoms with E-state index in [1.165, 1.54) is 26.4 Å². The molecule has 1 saturated heterocycles. The van der Waals surface area contributed by atoms with Gasteiger partial charge >= 0.3 is 0 Å². The van der Waals surface area contributed by atoms with Gasteiger partial charge in [-0.15, -0.1) is 0 Å². The molecule has 10 heteroatoms. The number of hydrogen-bond acceptors (Lipinski definition) is 6. The Balaban J connectivity index is 1.57. The molecular weight excluding hydrogens is 507 g/mol. The van der Waals surface area contributed by atoms with Crippen molar-refractivity contribution in [3.05, 3.63) is 96.3 Å².